The predicted molar refractivity (Wildman–Crippen MR) is 85.0 cm³/mol. The van der Waals surface area contributed by atoms with Gasteiger partial charge in [0.1, 0.15) is 5.75 Å². The third kappa shape index (κ3) is 4.68. The van der Waals surface area contributed by atoms with Gasteiger partial charge in [-0.25, -0.2) is 4.79 Å². The molecule has 0 fully saturated rings. The minimum absolute atomic E-state index is 0.0202. The number of amides is 2. The Morgan fingerprint density at radius 3 is 2.81 bits per heavy atom. The van der Waals surface area contributed by atoms with E-state index < -0.39 is 0 Å². The van der Waals surface area contributed by atoms with Crippen molar-refractivity contribution in [1.82, 2.24) is 5.32 Å². The summed E-state index contributed by atoms with van der Waals surface area (Å²) in [5.41, 5.74) is 2.65. The third-order valence-electron chi connectivity index (χ3n) is 2.99. The molecule has 0 atom stereocenters. The zero-order valence-corrected chi connectivity index (χ0v) is 12.4. The molecule has 2 rings (SSSR count). The highest BCUT2D eigenvalue weighted by Gasteiger charge is 2.06. The Balaban J connectivity index is 1.84. The molecule has 0 aromatic heterocycles. The average Bonchev–Trinajstić information content (AvgIpc) is 2.43. The molecule has 2 aromatic rings. The van der Waals surface area contributed by atoms with E-state index in [0.717, 1.165) is 6.42 Å². The van der Waals surface area contributed by atoms with Crippen LogP contribution in [0.4, 0.5) is 10.5 Å². The average molecular weight is 305 g/mol. The molecule has 110 valence electrons. The van der Waals surface area contributed by atoms with Gasteiger partial charge in [-0.3, -0.25) is 0 Å². The second-order valence-corrected chi connectivity index (χ2v) is 5.22. The van der Waals surface area contributed by atoms with E-state index in [1.54, 1.807) is 6.07 Å². The molecule has 0 spiro atoms. The van der Waals surface area contributed by atoms with E-state index in [1.165, 1.54) is 23.3 Å². The van der Waals surface area contributed by atoms with Crippen molar-refractivity contribution >= 4 is 23.3 Å². The Bertz CT molecular complexity index is 644. The van der Waals surface area contributed by atoms with Crippen molar-refractivity contribution < 1.29 is 9.90 Å². The summed E-state index contributed by atoms with van der Waals surface area (Å²) in [7, 11) is 0. The number of phenols is 1. The number of phenolic OH excluding ortho intramolecular Hbond substituents is 1. The van der Waals surface area contributed by atoms with E-state index in [0.29, 0.717) is 11.6 Å². The van der Waals surface area contributed by atoms with Crippen LogP contribution >= 0.6 is 11.6 Å². The van der Waals surface area contributed by atoms with E-state index in [1.807, 2.05) is 25.1 Å². The molecule has 2 aromatic carbocycles. The molecule has 0 unspecified atom stereocenters. The molecular weight excluding hydrogens is 288 g/mol. The molecule has 21 heavy (non-hydrogen) atoms. The molecule has 0 bridgehead atoms. The first-order valence-corrected chi connectivity index (χ1v) is 7.01. The van der Waals surface area contributed by atoms with Crippen LogP contribution in [0.15, 0.2) is 42.5 Å². The lowest BCUT2D eigenvalue weighted by Gasteiger charge is -2.09. The number of aromatic hydroxyl groups is 1. The summed E-state index contributed by atoms with van der Waals surface area (Å²) in [5, 5.41) is 15.4. The highest BCUT2D eigenvalue weighted by Crippen LogP contribution is 2.26. The lowest BCUT2D eigenvalue weighted by molar-refractivity contribution is 0.252. The van der Waals surface area contributed by atoms with Gasteiger partial charge in [-0.2, -0.15) is 0 Å². The Labute approximate surface area is 128 Å². The zero-order valence-electron chi connectivity index (χ0n) is 11.7. The molecule has 0 aliphatic heterocycles. The van der Waals surface area contributed by atoms with E-state index in [9.17, 15) is 9.90 Å². The molecule has 5 heteroatoms. The minimum atomic E-state index is -0.375. The van der Waals surface area contributed by atoms with Gasteiger partial charge in [0.15, 0.2) is 0 Å². The summed E-state index contributed by atoms with van der Waals surface area (Å²) >= 11 is 5.82. The first-order chi connectivity index (χ1) is 10.0. The van der Waals surface area contributed by atoms with Crippen LogP contribution in [0.25, 0.3) is 0 Å². The largest absolute Gasteiger partial charge is 0.506 e. The molecular formula is C16H17ClN2O2. The van der Waals surface area contributed by atoms with Crippen LogP contribution in [0.3, 0.4) is 0 Å². The van der Waals surface area contributed by atoms with Crippen molar-refractivity contribution in [3.05, 3.63) is 58.6 Å². The summed E-state index contributed by atoms with van der Waals surface area (Å²) in [6.45, 7) is 2.54. The predicted octanol–water partition coefficient (Wildman–Crippen LogP) is 3.72. The smallest absolute Gasteiger partial charge is 0.319 e. The number of aryl methyl sites for hydroxylation is 1. The van der Waals surface area contributed by atoms with Gasteiger partial charge in [0, 0.05) is 11.6 Å². The lowest BCUT2D eigenvalue weighted by Crippen LogP contribution is -2.30. The number of benzene rings is 2. The van der Waals surface area contributed by atoms with Crippen LogP contribution in [0.1, 0.15) is 11.1 Å². The highest BCUT2D eigenvalue weighted by molar-refractivity contribution is 6.31. The maximum absolute atomic E-state index is 11.8. The van der Waals surface area contributed by atoms with Crippen LogP contribution in [0.5, 0.6) is 5.75 Å². The standard InChI is InChI=1S/C16H17ClN2O2/c1-11-3-2-4-12(9-11)7-8-18-16(21)19-14-10-13(17)5-6-15(14)20/h2-6,9-10,20H,7-8H2,1H3,(H2,18,19,21). The summed E-state index contributed by atoms with van der Waals surface area (Å²) in [5.74, 6) is -0.0202. The highest BCUT2D eigenvalue weighted by atomic mass is 35.5. The third-order valence-corrected chi connectivity index (χ3v) is 3.22. The first kappa shape index (κ1) is 15.2. The molecule has 0 saturated heterocycles. The summed E-state index contributed by atoms with van der Waals surface area (Å²) < 4.78 is 0. The number of hydrogen-bond acceptors (Lipinski definition) is 2. The van der Waals surface area contributed by atoms with Crippen LogP contribution in [0, 0.1) is 6.92 Å². The summed E-state index contributed by atoms with van der Waals surface area (Å²) in [4.78, 5) is 11.8. The minimum Gasteiger partial charge on any atom is -0.506 e. The Hall–Kier alpha value is -2.20. The van der Waals surface area contributed by atoms with Crippen molar-refractivity contribution in [2.24, 2.45) is 0 Å². The number of halogens is 1. The van der Waals surface area contributed by atoms with Crippen molar-refractivity contribution in [3.8, 4) is 5.75 Å². The normalized spacial score (nSPS) is 10.2. The van der Waals surface area contributed by atoms with Gasteiger partial charge in [-0.05, 0) is 37.1 Å². The molecule has 0 aliphatic carbocycles. The number of anilines is 1. The second-order valence-electron chi connectivity index (χ2n) is 4.78. The van der Waals surface area contributed by atoms with Crippen molar-refractivity contribution in [3.63, 3.8) is 0 Å². The zero-order chi connectivity index (χ0) is 15.2. The van der Waals surface area contributed by atoms with E-state index in [-0.39, 0.29) is 17.5 Å². The van der Waals surface area contributed by atoms with Gasteiger partial charge in [0.05, 0.1) is 5.69 Å². The first-order valence-electron chi connectivity index (χ1n) is 6.63. The lowest BCUT2D eigenvalue weighted by atomic mass is 10.1. The number of rotatable bonds is 4. The van der Waals surface area contributed by atoms with Gasteiger partial charge < -0.3 is 15.7 Å². The second kappa shape index (κ2) is 6.99. The maximum Gasteiger partial charge on any atom is 0.319 e. The number of hydrogen-bond donors (Lipinski definition) is 3. The van der Waals surface area contributed by atoms with Gasteiger partial charge in [-0.1, -0.05) is 41.4 Å². The van der Waals surface area contributed by atoms with E-state index in [4.69, 9.17) is 11.6 Å². The van der Waals surface area contributed by atoms with E-state index in [2.05, 4.69) is 16.7 Å². The van der Waals surface area contributed by atoms with Crippen molar-refractivity contribution in [1.29, 1.82) is 0 Å². The fourth-order valence-corrected chi connectivity index (χ4v) is 2.14. The number of carbonyl (C=O) groups is 1. The Kier molecular flexibility index (Phi) is 5.06. The molecule has 0 aliphatic rings. The Morgan fingerprint density at radius 2 is 2.05 bits per heavy atom. The van der Waals surface area contributed by atoms with Crippen LogP contribution in [-0.4, -0.2) is 17.7 Å². The molecule has 0 heterocycles. The van der Waals surface area contributed by atoms with Crippen LogP contribution < -0.4 is 10.6 Å². The number of nitrogens with one attached hydrogen (secondary N) is 2. The Morgan fingerprint density at radius 1 is 1.24 bits per heavy atom. The van der Waals surface area contributed by atoms with Crippen LogP contribution in [-0.2, 0) is 6.42 Å². The molecule has 3 N–H and O–H groups in total. The fourth-order valence-electron chi connectivity index (χ4n) is 1.96. The maximum atomic E-state index is 11.8. The fraction of sp³-hybridized carbons (Fsp3) is 0.188. The van der Waals surface area contributed by atoms with Crippen molar-refractivity contribution in [2.45, 2.75) is 13.3 Å². The van der Waals surface area contributed by atoms with Gasteiger partial charge >= 0.3 is 6.03 Å². The van der Waals surface area contributed by atoms with Crippen LogP contribution in [0.2, 0.25) is 5.02 Å². The van der Waals surface area contributed by atoms with Gasteiger partial charge in [0.25, 0.3) is 0 Å². The monoisotopic (exact) mass is 304 g/mol. The van der Waals surface area contributed by atoms with Gasteiger partial charge in [0.2, 0.25) is 0 Å². The number of urea groups is 1. The van der Waals surface area contributed by atoms with Crippen molar-refractivity contribution in [2.75, 3.05) is 11.9 Å². The molecule has 0 saturated carbocycles. The topological polar surface area (TPSA) is 61.4 Å². The molecule has 2 amide bonds. The quantitative estimate of drug-likeness (QED) is 0.754. The summed E-state index contributed by atoms with van der Waals surface area (Å²) in [6.07, 6.45) is 0.747. The molecule has 0 radical (unpaired) electrons. The number of carbonyl (C=O) groups excluding carboxylic acids is 1. The van der Waals surface area contributed by atoms with Gasteiger partial charge in [-0.15, -0.1) is 0 Å². The summed E-state index contributed by atoms with van der Waals surface area (Å²) in [6, 6.07) is 12.2. The van der Waals surface area contributed by atoms with E-state index >= 15 is 0 Å². The molecule has 4 nitrogen and oxygen atoms in total. The SMILES string of the molecule is Cc1cccc(CCNC(=O)Nc2cc(Cl)ccc2O)c1.